The van der Waals surface area contributed by atoms with Crippen molar-refractivity contribution in [3.63, 3.8) is 0 Å². The summed E-state index contributed by atoms with van der Waals surface area (Å²) in [6, 6.07) is 5.38. The Bertz CT molecular complexity index is 418. The molecule has 0 aromatic heterocycles. The van der Waals surface area contributed by atoms with E-state index >= 15 is 0 Å². The maximum absolute atomic E-state index is 11.4. The molecular formula is C12H12BrClO2. The van der Waals surface area contributed by atoms with Crippen molar-refractivity contribution in [2.75, 3.05) is 0 Å². The Hall–Kier alpha value is -0.540. The molecule has 2 rings (SSSR count). The van der Waals surface area contributed by atoms with E-state index in [1.54, 1.807) is 12.1 Å². The lowest BCUT2D eigenvalue weighted by molar-refractivity contribution is -0.149. The van der Waals surface area contributed by atoms with Gasteiger partial charge in [0.15, 0.2) is 0 Å². The minimum absolute atomic E-state index is 0.467. The molecule has 4 heteroatoms. The van der Waals surface area contributed by atoms with Crippen LogP contribution in [-0.2, 0) is 10.2 Å². The van der Waals surface area contributed by atoms with Crippen LogP contribution in [-0.4, -0.2) is 11.1 Å². The van der Waals surface area contributed by atoms with E-state index in [9.17, 15) is 9.90 Å². The van der Waals surface area contributed by atoms with E-state index in [0.717, 1.165) is 10.0 Å². The maximum Gasteiger partial charge on any atom is 0.314 e. The van der Waals surface area contributed by atoms with Gasteiger partial charge in [-0.05, 0) is 42.5 Å². The molecule has 1 aromatic rings. The number of hydrogen-bond donors (Lipinski definition) is 1. The number of aliphatic carboxylic acids is 1. The Morgan fingerprint density at radius 2 is 2.12 bits per heavy atom. The first-order valence-electron chi connectivity index (χ1n) is 5.14. The zero-order valence-electron chi connectivity index (χ0n) is 8.84. The molecule has 0 radical (unpaired) electrons. The number of benzene rings is 1. The third-order valence-corrected chi connectivity index (χ3v) is 3.89. The summed E-state index contributed by atoms with van der Waals surface area (Å²) in [7, 11) is 0. The minimum atomic E-state index is -0.750. The molecule has 0 heterocycles. The topological polar surface area (TPSA) is 37.3 Å². The molecule has 1 aliphatic rings. The van der Waals surface area contributed by atoms with Gasteiger partial charge in [-0.25, -0.2) is 0 Å². The van der Waals surface area contributed by atoms with Crippen molar-refractivity contribution in [3.05, 3.63) is 33.3 Å². The summed E-state index contributed by atoms with van der Waals surface area (Å²) in [5, 5.41) is 9.95. The molecule has 0 spiro atoms. The summed E-state index contributed by atoms with van der Waals surface area (Å²) in [4.78, 5) is 11.4. The van der Waals surface area contributed by atoms with E-state index in [1.165, 1.54) is 0 Å². The van der Waals surface area contributed by atoms with E-state index in [-0.39, 0.29) is 0 Å². The molecule has 2 nitrogen and oxygen atoms in total. The average molecular weight is 304 g/mol. The monoisotopic (exact) mass is 302 g/mol. The van der Waals surface area contributed by atoms with Gasteiger partial charge in [0.05, 0.1) is 5.41 Å². The first-order chi connectivity index (χ1) is 7.44. The van der Waals surface area contributed by atoms with E-state index < -0.39 is 11.4 Å². The van der Waals surface area contributed by atoms with Gasteiger partial charge in [-0.3, -0.25) is 4.79 Å². The molecule has 0 amide bonds. The highest BCUT2D eigenvalue weighted by atomic mass is 79.9. The molecule has 16 heavy (non-hydrogen) atoms. The van der Waals surface area contributed by atoms with Gasteiger partial charge >= 0.3 is 5.97 Å². The molecule has 1 N–H and O–H groups in total. The fraction of sp³-hybridized carbons (Fsp3) is 0.417. The normalized spacial score (nSPS) is 28.6. The van der Waals surface area contributed by atoms with E-state index in [0.29, 0.717) is 23.8 Å². The SMILES string of the molecule is CC1CC(C(=O)O)(c2cc(Cl)cc(Br)c2)C1. The highest BCUT2D eigenvalue weighted by Crippen LogP contribution is 2.48. The van der Waals surface area contributed by atoms with Gasteiger partial charge in [0.1, 0.15) is 0 Å². The smallest absolute Gasteiger partial charge is 0.314 e. The van der Waals surface area contributed by atoms with Crippen LogP contribution in [0.25, 0.3) is 0 Å². The van der Waals surface area contributed by atoms with Crippen molar-refractivity contribution >= 4 is 33.5 Å². The second-order valence-electron chi connectivity index (χ2n) is 4.56. The van der Waals surface area contributed by atoms with Crippen LogP contribution in [0.2, 0.25) is 5.02 Å². The van der Waals surface area contributed by atoms with E-state index in [4.69, 9.17) is 11.6 Å². The maximum atomic E-state index is 11.4. The average Bonchev–Trinajstić information content (AvgIpc) is 2.10. The molecule has 0 saturated heterocycles. The Morgan fingerprint density at radius 3 is 2.56 bits per heavy atom. The molecule has 0 bridgehead atoms. The number of rotatable bonds is 2. The summed E-state index contributed by atoms with van der Waals surface area (Å²) in [6.07, 6.45) is 1.38. The fourth-order valence-electron chi connectivity index (χ4n) is 2.49. The van der Waals surface area contributed by atoms with Crippen LogP contribution >= 0.6 is 27.5 Å². The first-order valence-corrected chi connectivity index (χ1v) is 6.31. The molecule has 86 valence electrons. The molecule has 1 aliphatic carbocycles. The number of carboxylic acids is 1. The van der Waals surface area contributed by atoms with Gasteiger partial charge in [0.25, 0.3) is 0 Å². The fourth-order valence-corrected chi connectivity index (χ4v) is 3.35. The summed E-state index contributed by atoms with van der Waals surface area (Å²) in [6.45, 7) is 2.07. The van der Waals surface area contributed by atoms with Crippen LogP contribution in [0, 0.1) is 5.92 Å². The lowest BCUT2D eigenvalue weighted by Gasteiger charge is -2.43. The standard InChI is InChI=1S/C12H12BrClO2/c1-7-5-12(6-7,11(15)16)8-2-9(13)4-10(14)3-8/h2-4,7H,5-6H2,1H3,(H,15,16). The van der Waals surface area contributed by atoms with Crippen molar-refractivity contribution in [2.45, 2.75) is 25.2 Å². The molecule has 1 aromatic carbocycles. The van der Waals surface area contributed by atoms with Crippen LogP contribution in [0.4, 0.5) is 0 Å². The lowest BCUT2D eigenvalue weighted by Crippen LogP contribution is -2.46. The van der Waals surface area contributed by atoms with Gasteiger partial charge in [-0.1, -0.05) is 34.5 Å². The van der Waals surface area contributed by atoms with Gasteiger partial charge in [0.2, 0.25) is 0 Å². The lowest BCUT2D eigenvalue weighted by atomic mass is 9.59. The second-order valence-corrected chi connectivity index (χ2v) is 5.91. The van der Waals surface area contributed by atoms with Gasteiger partial charge in [0, 0.05) is 9.50 Å². The van der Waals surface area contributed by atoms with Crippen LogP contribution in [0.15, 0.2) is 22.7 Å². The molecular weight excluding hydrogens is 291 g/mol. The number of hydrogen-bond acceptors (Lipinski definition) is 1. The van der Waals surface area contributed by atoms with E-state index in [1.807, 2.05) is 6.07 Å². The van der Waals surface area contributed by atoms with Crippen molar-refractivity contribution < 1.29 is 9.90 Å². The zero-order chi connectivity index (χ0) is 11.9. The van der Waals surface area contributed by atoms with Crippen LogP contribution in [0.1, 0.15) is 25.3 Å². The largest absolute Gasteiger partial charge is 0.481 e. The summed E-state index contributed by atoms with van der Waals surface area (Å²) < 4.78 is 0.829. The third kappa shape index (κ3) is 1.87. The zero-order valence-corrected chi connectivity index (χ0v) is 11.2. The van der Waals surface area contributed by atoms with Crippen molar-refractivity contribution in [3.8, 4) is 0 Å². The predicted molar refractivity (Wildman–Crippen MR) is 66.9 cm³/mol. The number of carbonyl (C=O) groups is 1. The van der Waals surface area contributed by atoms with Crippen LogP contribution in [0.5, 0.6) is 0 Å². The Morgan fingerprint density at radius 1 is 1.50 bits per heavy atom. The van der Waals surface area contributed by atoms with E-state index in [2.05, 4.69) is 22.9 Å². The first kappa shape index (κ1) is 11.9. The highest BCUT2D eigenvalue weighted by molar-refractivity contribution is 9.10. The molecule has 0 atom stereocenters. The Kier molecular flexibility index (Phi) is 3.01. The summed E-state index contributed by atoms with van der Waals surface area (Å²) in [5.41, 5.74) is 0.0739. The predicted octanol–water partition coefficient (Wildman–Crippen LogP) is 3.85. The molecule has 0 aliphatic heterocycles. The molecule has 1 fully saturated rings. The highest BCUT2D eigenvalue weighted by Gasteiger charge is 2.50. The number of carboxylic acid groups (broad SMARTS) is 1. The Balaban J connectivity index is 2.45. The van der Waals surface area contributed by atoms with Crippen molar-refractivity contribution in [1.29, 1.82) is 0 Å². The third-order valence-electron chi connectivity index (χ3n) is 3.22. The van der Waals surface area contributed by atoms with Gasteiger partial charge in [-0.2, -0.15) is 0 Å². The summed E-state index contributed by atoms with van der Waals surface area (Å²) in [5.74, 6) is -0.284. The summed E-state index contributed by atoms with van der Waals surface area (Å²) >= 11 is 9.30. The molecule has 1 saturated carbocycles. The number of halogens is 2. The van der Waals surface area contributed by atoms with Gasteiger partial charge < -0.3 is 5.11 Å². The second kappa shape index (κ2) is 4.04. The van der Waals surface area contributed by atoms with Crippen molar-refractivity contribution in [1.82, 2.24) is 0 Å². The quantitative estimate of drug-likeness (QED) is 0.901. The van der Waals surface area contributed by atoms with Crippen LogP contribution < -0.4 is 0 Å². The Labute approximate surface area is 108 Å². The minimum Gasteiger partial charge on any atom is -0.481 e. The molecule has 0 unspecified atom stereocenters. The van der Waals surface area contributed by atoms with Gasteiger partial charge in [-0.15, -0.1) is 0 Å². The van der Waals surface area contributed by atoms with Crippen molar-refractivity contribution in [2.24, 2.45) is 5.92 Å². The van der Waals surface area contributed by atoms with Crippen LogP contribution in [0.3, 0.4) is 0 Å².